The van der Waals surface area contributed by atoms with Crippen LogP contribution in [-0.4, -0.2) is 31.3 Å². The second-order valence-electron chi connectivity index (χ2n) is 5.09. The smallest absolute Gasteiger partial charge is 0.0470 e. The number of hydrogen-bond donors (Lipinski definition) is 1. The molecule has 1 N–H and O–H groups in total. The van der Waals surface area contributed by atoms with Gasteiger partial charge < -0.3 is 10.1 Å². The molecule has 1 aliphatic rings. The summed E-state index contributed by atoms with van der Waals surface area (Å²) in [5.41, 5.74) is 3.04. The lowest BCUT2D eigenvalue weighted by Crippen LogP contribution is -2.28. The molecule has 0 saturated heterocycles. The van der Waals surface area contributed by atoms with E-state index in [-0.39, 0.29) is 0 Å². The Kier molecular flexibility index (Phi) is 6.21. The van der Waals surface area contributed by atoms with E-state index in [2.05, 4.69) is 48.3 Å². The van der Waals surface area contributed by atoms with Crippen LogP contribution in [0.25, 0.3) is 0 Å². The van der Waals surface area contributed by atoms with Crippen LogP contribution in [0.4, 0.5) is 0 Å². The lowest BCUT2D eigenvalue weighted by molar-refractivity contribution is 0.200. The Morgan fingerprint density at radius 3 is 3.00 bits per heavy atom. The highest BCUT2D eigenvalue weighted by molar-refractivity contribution is 7.99. The van der Waals surface area contributed by atoms with Crippen LogP contribution in [0, 0.1) is 0 Å². The fourth-order valence-electron chi connectivity index (χ4n) is 2.69. The molecule has 0 amide bonds. The number of ether oxygens (including phenoxy) is 1. The van der Waals surface area contributed by atoms with Crippen LogP contribution < -0.4 is 5.32 Å². The molecule has 19 heavy (non-hydrogen) atoms. The molecule has 0 saturated carbocycles. The van der Waals surface area contributed by atoms with Crippen LogP contribution in [-0.2, 0) is 11.2 Å². The molecule has 106 valence electrons. The zero-order valence-corrected chi connectivity index (χ0v) is 12.8. The van der Waals surface area contributed by atoms with Gasteiger partial charge in [0.2, 0.25) is 0 Å². The molecule has 3 heteroatoms. The van der Waals surface area contributed by atoms with E-state index in [9.17, 15) is 0 Å². The minimum Gasteiger partial charge on any atom is -0.385 e. The number of thioether (sulfide) groups is 1. The lowest BCUT2D eigenvalue weighted by atomic mass is 10.1. The predicted octanol–water partition coefficient (Wildman–Crippen LogP) is 3.42. The van der Waals surface area contributed by atoms with E-state index in [0.717, 1.165) is 19.6 Å². The van der Waals surface area contributed by atoms with Crippen molar-refractivity contribution in [2.45, 2.75) is 37.5 Å². The lowest BCUT2D eigenvalue weighted by Gasteiger charge is -2.21. The molecule has 1 aromatic rings. The van der Waals surface area contributed by atoms with Crippen LogP contribution in [0.1, 0.15) is 36.9 Å². The number of benzene rings is 1. The molecule has 2 unspecified atom stereocenters. The number of hydrogen-bond acceptors (Lipinski definition) is 3. The Hall–Kier alpha value is -0.510. The van der Waals surface area contributed by atoms with Crippen molar-refractivity contribution >= 4 is 11.8 Å². The first-order valence-electron chi connectivity index (χ1n) is 7.28. The maximum atomic E-state index is 5.13. The van der Waals surface area contributed by atoms with Gasteiger partial charge in [0.25, 0.3) is 0 Å². The van der Waals surface area contributed by atoms with Gasteiger partial charge in [0.15, 0.2) is 0 Å². The van der Waals surface area contributed by atoms with E-state index in [0.29, 0.717) is 11.3 Å². The normalized spacial score (nSPS) is 21.6. The van der Waals surface area contributed by atoms with Crippen molar-refractivity contribution in [2.75, 3.05) is 26.0 Å². The van der Waals surface area contributed by atoms with Gasteiger partial charge in [0, 0.05) is 25.0 Å². The van der Waals surface area contributed by atoms with E-state index < -0.39 is 0 Å². The van der Waals surface area contributed by atoms with Gasteiger partial charge in [-0.25, -0.2) is 0 Å². The summed E-state index contributed by atoms with van der Waals surface area (Å²) in [4.78, 5) is 0. The van der Waals surface area contributed by atoms with Crippen molar-refractivity contribution in [1.82, 2.24) is 5.32 Å². The molecule has 2 nitrogen and oxygen atoms in total. The minimum absolute atomic E-state index is 0.531. The molecule has 0 bridgehead atoms. The SMILES string of the molecule is CCCNC1c2ccccc2CC1SCCCOC. The van der Waals surface area contributed by atoms with Crippen molar-refractivity contribution in [2.24, 2.45) is 0 Å². The fourth-order valence-corrected chi connectivity index (χ4v) is 4.01. The van der Waals surface area contributed by atoms with Gasteiger partial charge in [0.05, 0.1) is 0 Å². The van der Waals surface area contributed by atoms with Crippen molar-refractivity contribution in [3.8, 4) is 0 Å². The Balaban J connectivity index is 1.95. The van der Waals surface area contributed by atoms with Crippen molar-refractivity contribution in [3.63, 3.8) is 0 Å². The predicted molar refractivity (Wildman–Crippen MR) is 83.9 cm³/mol. The maximum Gasteiger partial charge on any atom is 0.0470 e. The molecule has 1 aliphatic carbocycles. The van der Waals surface area contributed by atoms with Gasteiger partial charge in [-0.05, 0) is 42.7 Å². The number of methoxy groups -OCH3 is 1. The van der Waals surface area contributed by atoms with Crippen LogP contribution in [0.2, 0.25) is 0 Å². The van der Waals surface area contributed by atoms with Gasteiger partial charge in [-0.15, -0.1) is 0 Å². The van der Waals surface area contributed by atoms with Crippen LogP contribution >= 0.6 is 11.8 Å². The summed E-state index contributed by atoms with van der Waals surface area (Å²) in [5.74, 6) is 1.19. The highest BCUT2D eigenvalue weighted by Crippen LogP contribution is 2.38. The molecule has 0 aromatic heterocycles. The van der Waals surface area contributed by atoms with Gasteiger partial charge in [-0.2, -0.15) is 11.8 Å². The third-order valence-corrected chi connectivity index (χ3v) is 5.01. The Bertz CT molecular complexity index is 383. The minimum atomic E-state index is 0.531. The molecule has 0 radical (unpaired) electrons. The summed E-state index contributed by atoms with van der Waals surface area (Å²) in [6.07, 6.45) is 3.55. The molecular formula is C16H25NOS. The highest BCUT2D eigenvalue weighted by atomic mass is 32.2. The molecule has 1 aromatic carbocycles. The summed E-state index contributed by atoms with van der Waals surface area (Å²) < 4.78 is 5.13. The molecule has 0 heterocycles. The van der Waals surface area contributed by atoms with Crippen LogP contribution in [0.5, 0.6) is 0 Å². The first kappa shape index (κ1) is 14.9. The molecule has 2 atom stereocenters. The zero-order chi connectivity index (χ0) is 13.5. The molecule has 0 aliphatic heterocycles. The topological polar surface area (TPSA) is 21.3 Å². The van der Waals surface area contributed by atoms with Gasteiger partial charge in [0.1, 0.15) is 0 Å². The van der Waals surface area contributed by atoms with Crippen molar-refractivity contribution in [1.29, 1.82) is 0 Å². The monoisotopic (exact) mass is 279 g/mol. The van der Waals surface area contributed by atoms with E-state index in [1.54, 1.807) is 7.11 Å². The standard InChI is InChI=1S/C16H25NOS/c1-3-9-17-16-14-8-5-4-7-13(14)12-15(16)19-11-6-10-18-2/h4-5,7-8,15-17H,3,6,9-12H2,1-2H3. The second-order valence-corrected chi connectivity index (χ2v) is 6.44. The highest BCUT2D eigenvalue weighted by Gasteiger charge is 2.31. The second kappa shape index (κ2) is 7.93. The quantitative estimate of drug-likeness (QED) is 0.737. The summed E-state index contributed by atoms with van der Waals surface area (Å²) >= 11 is 2.10. The first-order valence-corrected chi connectivity index (χ1v) is 8.33. The maximum absolute atomic E-state index is 5.13. The zero-order valence-electron chi connectivity index (χ0n) is 12.0. The number of rotatable bonds is 8. The number of nitrogens with one attached hydrogen (secondary N) is 1. The van der Waals surface area contributed by atoms with Crippen molar-refractivity contribution in [3.05, 3.63) is 35.4 Å². The summed E-state index contributed by atoms with van der Waals surface area (Å²) in [7, 11) is 1.78. The number of fused-ring (bicyclic) bond motifs is 1. The average molecular weight is 279 g/mol. The van der Waals surface area contributed by atoms with Crippen LogP contribution in [0.3, 0.4) is 0 Å². The summed E-state index contributed by atoms with van der Waals surface area (Å²) in [6, 6.07) is 9.43. The molecule has 2 rings (SSSR count). The molecule has 0 spiro atoms. The third-order valence-electron chi connectivity index (χ3n) is 3.62. The van der Waals surface area contributed by atoms with E-state index >= 15 is 0 Å². The largest absolute Gasteiger partial charge is 0.385 e. The van der Waals surface area contributed by atoms with Crippen molar-refractivity contribution < 1.29 is 4.74 Å². The van der Waals surface area contributed by atoms with Gasteiger partial charge in [-0.1, -0.05) is 31.2 Å². The van der Waals surface area contributed by atoms with E-state index in [1.165, 1.54) is 29.7 Å². The van der Waals surface area contributed by atoms with E-state index in [1.807, 2.05) is 0 Å². The summed E-state index contributed by atoms with van der Waals surface area (Å²) in [6.45, 7) is 4.21. The first-order chi connectivity index (χ1) is 9.36. The molecular weight excluding hydrogens is 254 g/mol. The molecule has 0 fully saturated rings. The Morgan fingerprint density at radius 2 is 2.21 bits per heavy atom. The Labute approximate surface area is 121 Å². The van der Waals surface area contributed by atoms with E-state index in [4.69, 9.17) is 4.74 Å². The van der Waals surface area contributed by atoms with Crippen LogP contribution in [0.15, 0.2) is 24.3 Å². The average Bonchev–Trinajstić information content (AvgIpc) is 2.79. The third kappa shape index (κ3) is 3.98. The van der Waals surface area contributed by atoms with Gasteiger partial charge in [-0.3, -0.25) is 0 Å². The Morgan fingerprint density at radius 1 is 1.37 bits per heavy atom. The fraction of sp³-hybridized carbons (Fsp3) is 0.625. The van der Waals surface area contributed by atoms with Gasteiger partial charge >= 0.3 is 0 Å². The summed E-state index contributed by atoms with van der Waals surface area (Å²) in [5, 5.41) is 4.41.